The topological polar surface area (TPSA) is 32.4 Å². The number of Topliss-reactive ketones (excluding diaryl/α,β-unsaturated/α-hetero) is 1. The summed E-state index contributed by atoms with van der Waals surface area (Å²) in [5.41, 5.74) is 2.04. The minimum Gasteiger partial charge on any atom is -0.299 e. The summed E-state index contributed by atoms with van der Waals surface area (Å²) in [6, 6.07) is 0. The van der Waals surface area contributed by atoms with E-state index in [1.807, 2.05) is 12.3 Å². The number of ketones is 1. The highest BCUT2D eigenvalue weighted by molar-refractivity contribution is 8.37. The van der Waals surface area contributed by atoms with Gasteiger partial charge in [-0.1, -0.05) is 19.4 Å². The second-order valence-electron chi connectivity index (χ2n) is 4.91. The molecule has 3 nitrogen and oxygen atoms in total. The van der Waals surface area contributed by atoms with Gasteiger partial charge >= 0.3 is 6.85 Å². The molecule has 0 radical (unpaired) electrons. The zero-order valence-corrected chi connectivity index (χ0v) is 13.1. The molecule has 0 saturated heterocycles. The van der Waals surface area contributed by atoms with E-state index in [2.05, 4.69) is 29.4 Å². The van der Waals surface area contributed by atoms with Gasteiger partial charge in [0.25, 0.3) is 0 Å². The van der Waals surface area contributed by atoms with Crippen molar-refractivity contribution in [3.63, 3.8) is 0 Å². The first-order valence-corrected chi connectivity index (χ1v) is 10.2. The number of carbonyl (C=O) groups excluding carboxylic acids is 1. The summed E-state index contributed by atoms with van der Waals surface area (Å²) < 4.78 is 2.30. The zero-order chi connectivity index (χ0) is 13.1. The largest absolute Gasteiger partial charge is 0.301 e. The van der Waals surface area contributed by atoms with E-state index in [1.165, 1.54) is 18.4 Å². The van der Waals surface area contributed by atoms with Crippen molar-refractivity contribution in [2.45, 2.75) is 51.6 Å². The molecule has 1 heterocycles. The van der Waals surface area contributed by atoms with Gasteiger partial charge in [-0.3, -0.25) is 4.79 Å². The van der Waals surface area contributed by atoms with E-state index >= 15 is 0 Å². The average molecular weight is 285 g/mol. The van der Waals surface area contributed by atoms with E-state index in [-0.39, 0.29) is 6.85 Å². The minimum absolute atomic E-state index is 0.00892. The van der Waals surface area contributed by atoms with Crippen LogP contribution in [0.1, 0.15) is 46.0 Å². The first-order chi connectivity index (χ1) is 8.63. The molecule has 0 amide bonds. The van der Waals surface area contributed by atoms with Crippen LogP contribution in [0.2, 0.25) is 0 Å². The predicted molar refractivity (Wildman–Crippen MR) is 81.9 cm³/mol. The highest BCUT2D eigenvalue weighted by Gasteiger charge is 2.48. The molecule has 0 aromatic heterocycles. The van der Waals surface area contributed by atoms with Gasteiger partial charge in [0.05, 0.1) is 6.21 Å². The Balaban J connectivity index is 1.87. The van der Waals surface area contributed by atoms with Crippen molar-refractivity contribution in [2.75, 3.05) is 6.26 Å². The number of carbonyl (C=O) groups is 1. The molecule has 0 spiro atoms. The molecule has 2 rings (SSSR count). The molecule has 100 valence electrons. The summed E-state index contributed by atoms with van der Waals surface area (Å²) in [5, 5.41) is 4.62. The van der Waals surface area contributed by atoms with Crippen LogP contribution in [0.3, 0.4) is 0 Å². The molecule has 18 heavy (non-hydrogen) atoms. The van der Waals surface area contributed by atoms with Gasteiger partial charge in [-0.25, -0.2) is 0 Å². The van der Waals surface area contributed by atoms with E-state index in [9.17, 15) is 4.79 Å². The van der Waals surface area contributed by atoms with Crippen LogP contribution >= 0.6 is 6.85 Å². The molecule has 0 fully saturated rings. The summed E-state index contributed by atoms with van der Waals surface area (Å²) in [7, 11) is 0.376. The number of rotatable bonds is 5. The second-order valence-corrected chi connectivity index (χ2v) is 11.0. The minimum atomic E-state index is -0.00892. The van der Waals surface area contributed by atoms with Crippen LogP contribution in [0, 0.1) is 0 Å². The van der Waals surface area contributed by atoms with E-state index in [1.54, 1.807) is 0 Å². The van der Waals surface area contributed by atoms with Gasteiger partial charge in [-0.15, -0.1) is 5.10 Å². The van der Waals surface area contributed by atoms with Crippen molar-refractivity contribution in [3.05, 3.63) is 11.6 Å². The van der Waals surface area contributed by atoms with Crippen LogP contribution in [0.25, 0.3) is 0 Å². The third-order valence-corrected chi connectivity index (χ3v) is 10.0. The third-order valence-electron chi connectivity index (χ3n) is 3.34. The van der Waals surface area contributed by atoms with Gasteiger partial charge in [0.15, 0.2) is 10.3 Å². The van der Waals surface area contributed by atoms with E-state index in [4.69, 9.17) is 0 Å². The van der Waals surface area contributed by atoms with Crippen LogP contribution in [-0.4, -0.2) is 28.1 Å². The van der Waals surface area contributed by atoms with Gasteiger partial charge in [0, 0.05) is 19.1 Å². The average Bonchev–Trinajstić information content (AvgIpc) is 2.99. The molecule has 1 aliphatic heterocycles. The fraction of sp³-hybridized carbons (Fsp3) is 0.692. The quantitative estimate of drug-likeness (QED) is 0.571. The Hall–Kier alpha value is -0.470. The van der Waals surface area contributed by atoms with Gasteiger partial charge in [0.1, 0.15) is 11.4 Å². The maximum Gasteiger partial charge on any atom is 0.301 e. The molecule has 3 atom stereocenters. The summed E-state index contributed by atoms with van der Waals surface area (Å²) in [6.45, 7) is 4.60. The van der Waals surface area contributed by atoms with Crippen molar-refractivity contribution in [1.82, 2.24) is 4.18 Å². The lowest BCUT2D eigenvalue weighted by Crippen LogP contribution is -2.05. The Morgan fingerprint density at radius 1 is 1.61 bits per heavy atom. The molecule has 3 unspecified atom stereocenters. The van der Waals surface area contributed by atoms with Crippen LogP contribution in [0.5, 0.6) is 0 Å². The number of hydrogen-bond acceptors (Lipinski definition) is 3. The molecule has 0 aromatic rings. The molecular weight excluding hydrogens is 263 g/mol. The molecule has 0 N–H and O–H groups in total. The lowest BCUT2D eigenvalue weighted by molar-refractivity contribution is -0.118. The molecule has 5 heteroatoms. The summed E-state index contributed by atoms with van der Waals surface area (Å²) >= 11 is 0. The van der Waals surface area contributed by atoms with Crippen molar-refractivity contribution >= 4 is 29.1 Å². The Morgan fingerprint density at radius 2 is 2.39 bits per heavy atom. The van der Waals surface area contributed by atoms with Crippen LogP contribution in [0.15, 0.2) is 16.8 Å². The smallest absolute Gasteiger partial charge is 0.299 e. The third kappa shape index (κ3) is 3.30. The maximum absolute atomic E-state index is 11.1. The monoisotopic (exact) mass is 285 g/mol. The van der Waals surface area contributed by atoms with Gasteiger partial charge < -0.3 is 0 Å². The molecule has 0 aromatic carbocycles. The zero-order valence-electron chi connectivity index (χ0n) is 11.4. The van der Waals surface area contributed by atoms with Crippen LogP contribution < -0.4 is 0 Å². The molecule has 2 aliphatic rings. The SMILES string of the molecule is CCCC(C)[P+]1=S(C)N1N=CC1=CCC(=O)CC1. The van der Waals surface area contributed by atoms with Crippen LogP contribution in [0.4, 0.5) is 0 Å². The van der Waals surface area contributed by atoms with Crippen molar-refractivity contribution in [3.8, 4) is 0 Å². The lowest BCUT2D eigenvalue weighted by Gasteiger charge is -2.06. The number of nitrogens with zero attached hydrogens (tertiary/aromatic N) is 2. The lowest BCUT2D eigenvalue weighted by atomic mass is 10.00. The standard InChI is InChI=1S/C13H22N2OPS/c1-4-5-11(2)17-15(18(17)3)14-10-12-6-8-13(16)9-7-12/h6,10-11H,4-5,7-9H2,1-3H3/q+1. The van der Waals surface area contributed by atoms with Gasteiger partial charge in [-0.05, 0) is 29.5 Å². The highest BCUT2D eigenvalue weighted by Crippen LogP contribution is 2.55. The van der Waals surface area contributed by atoms with Crippen molar-refractivity contribution in [1.29, 1.82) is 0 Å². The molecule has 1 aliphatic carbocycles. The Kier molecular flexibility index (Phi) is 4.74. The van der Waals surface area contributed by atoms with Gasteiger partial charge in [-0.2, -0.15) is 0 Å². The first kappa shape index (κ1) is 14.0. The fourth-order valence-corrected chi connectivity index (χ4v) is 8.90. The van der Waals surface area contributed by atoms with Crippen molar-refractivity contribution in [2.24, 2.45) is 5.10 Å². The Labute approximate surface area is 113 Å². The summed E-state index contributed by atoms with van der Waals surface area (Å²) in [5.74, 6) is 0.355. The molecule has 0 saturated carbocycles. The molecular formula is C13H22N2OPS+. The second kappa shape index (κ2) is 6.12. The number of hydrogen-bond donors (Lipinski definition) is 0. The van der Waals surface area contributed by atoms with E-state index < -0.39 is 0 Å². The van der Waals surface area contributed by atoms with Crippen LogP contribution in [-0.2, 0) is 15.1 Å². The highest BCUT2D eigenvalue weighted by atomic mass is 32.6. The molecule has 0 bridgehead atoms. The van der Waals surface area contributed by atoms with Crippen molar-refractivity contribution < 1.29 is 4.79 Å². The Morgan fingerprint density at radius 3 is 3.00 bits per heavy atom. The fourth-order valence-electron chi connectivity index (χ4n) is 2.23. The van der Waals surface area contributed by atoms with E-state index in [0.717, 1.165) is 12.1 Å². The van der Waals surface area contributed by atoms with Gasteiger partial charge in [0.2, 0.25) is 0 Å². The number of allylic oxidation sites excluding steroid dienone is 2. The first-order valence-electron chi connectivity index (χ1n) is 6.63. The normalized spacial score (nSPS) is 27.6. The predicted octanol–water partition coefficient (Wildman–Crippen LogP) is 3.63. The Bertz CT molecular complexity index is 442. The summed E-state index contributed by atoms with van der Waals surface area (Å²) in [6.07, 6.45) is 11.1. The number of hydrazone groups is 1. The summed E-state index contributed by atoms with van der Waals surface area (Å²) in [4.78, 5) is 11.1. The maximum atomic E-state index is 11.1. The van der Waals surface area contributed by atoms with E-state index in [0.29, 0.717) is 28.9 Å².